The summed E-state index contributed by atoms with van der Waals surface area (Å²) in [7, 11) is -3.24. The summed E-state index contributed by atoms with van der Waals surface area (Å²) in [6.45, 7) is 3.31. The van der Waals surface area contributed by atoms with Gasteiger partial charge in [0.05, 0.1) is 24.8 Å². The fraction of sp³-hybridized carbons (Fsp3) is 0.217. The van der Waals surface area contributed by atoms with Crippen LogP contribution >= 0.6 is 0 Å². The van der Waals surface area contributed by atoms with Crippen LogP contribution in [0, 0.1) is 13.8 Å². The first-order valence-corrected chi connectivity index (χ1v) is 11.2. The molecule has 0 fully saturated rings. The standard InChI is InChI=1S/C23H20F3NO6S/c1-13-8-10-16(11-9-13)34(30,31)27-19(15-7-5-6-14(2)12-15)17(21(28)32-3)18(22(29)33-4)20(27)23(24,25)26/h5-12H,1-4H3. The van der Waals surface area contributed by atoms with Crippen LogP contribution < -0.4 is 0 Å². The van der Waals surface area contributed by atoms with Gasteiger partial charge in [0.2, 0.25) is 0 Å². The molecule has 0 spiro atoms. The molecule has 3 aromatic rings. The molecule has 2 aromatic carbocycles. The van der Waals surface area contributed by atoms with E-state index in [2.05, 4.69) is 9.47 Å². The number of carbonyl (C=O) groups excluding carboxylic acids is 2. The van der Waals surface area contributed by atoms with Crippen molar-refractivity contribution in [3.05, 3.63) is 76.5 Å². The molecule has 1 heterocycles. The van der Waals surface area contributed by atoms with E-state index >= 15 is 0 Å². The van der Waals surface area contributed by atoms with E-state index in [9.17, 15) is 31.2 Å². The van der Waals surface area contributed by atoms with Gasteiger partial charge in [-0.3, -0.25) is 0 Å². The van der Waals surface area contributed by atoms with Gasteiger partial charge < -0.3 is 9.47 Å². The number of methoxy groups -OCH3 is 2. The first-order valence-electron chi connectivity index (χ1n) is 9.76. The molecule has 0 saturated carbocycles. The normalized spacial score (nSPS) is 11.9. The molecule has 0 radical (unpaired) electrons. The quantitative estimate of drug-likeness (QED) is 0.481. The van der Waals surface area contributed by atoms with E-state index in [1.165, 1.54) is 30.3 Å². The van der Waals surface area contributed by atoms with E-state index in [4.69, 9.17) is 0 Å². The SMILES string of the molecule is COC(=O)c1c(C(=O)OC)c(C(F)(F)F)n(S(=O)(=O)c2ccc(C)cc2)c1-c1cccc(C)c1. The lowest BCUT2D eigenvalue weighted by Crippen LogP contribution is -2.24. The van der Waals surface area contributed by atoms with Gasteiger partial charge in [0.25, 0.3) is 10.0 Å². The fourth-order valence-electron chi connectivity index (χ4n) is 3.52. The summed E-state index contributed by atoms with van der Waals surface area (Å²) in [6, 6.07) is 10.9. The highest BCUT2D eigenvalue weighted by Gasteiger charge is 2.48. The monoisotopic (exact) mass is 495 g/mol. The summed E-state index contributed by atoms with van der Waals surface area (Å²) >= 11 is 0. The number of rotatable bonds is 5. The average molecular weight is 495 g/mol. The van der Waals surface area contributed by atoms with Gasteiger partial charge in [-0.05, 0) is 32.0 Å². The van der Waals surface area contributed by atoms with Crippen molar-refractivity contribution in [3.8, 4) is 11.3 Å². The number of hydrogen-bond acceptors (Lipinski definition) is 6. The topological polar surface area (TPSA) is 91.7 Å². The van der Waals surface area contributed by atoms with E-state index in [1.54, 1.807) is 19.9 Å². The van der Waals surface area contributed by atoms with Crippen molar-refractivity contribution in [2.45, 2.75) is 24.9 Å². The van der Waals surface area contributed by atoms with Crippen LogP contribution in [0.25, 0.3) is 11.3 Å². The van der Waals surface area contributed by atoms with Gasteiger partial charge in [0.1, 0.15) is 11.1 Å². The van der Waals surface area contributed by atoms with Crippen LogP contribution in [0.1, 0.15) is 37.5 Å². The Morgan fingerprint density at radius 1 is 0.853 bits per heavy atom. The van der Waals surface area contributed by atoms with Crippen LogP contribution in [0.5, 0.6) is 0 Å². The molecule has 0 atom stereocenters. The van der Waals surface area contributed by atoms with E-state index in [-0.39, 0.29) is 9.54 Å². The minimum absolute atomic E-state index is 0.0229. The number of carbonyl (C=O) groups is 2. The van der Waals surface area contributed by atoms with Crippen LogP contribution in [0.3, 0.4) is 0 Å². The van der Waals surface area contributed by atoms with Gasteiger partial charge in [0, 0.05) is 5.56 Å². The summed E-state index contributed by atoms with van der Waals surface area (Å²) < 4.78 is 79.7. The highest BCUT2D eigenvalue weighted by molar-refractivity contribution is 7.90. The van der Waals surface area contributed by atoms with E-state index in [1.807, 2.05) is 0 Å². The van der Waals surface area contributed by atoms with Crippen LogP contribution in [0.4, 0.5) is 13.2 Å². The van der Waals surface area contributed by atoms with E-state index < -0.39 is 55.5 Å². The first-order chi connectivity index (χ1) is 15.8. The molecule has 1 aromatic heterocycles. The van der Waals surface area contributed by atoms with Crippen molar-refractivity contribution in [2.75, 3.05) is 14.2 Å². The molecule has 0 saturated heterocycles. The number of nitrogens with zero attached hydrogens (tertiary/aromatic N) is 1. The third-order valence-electron chi connectivity index (χ3n) is 5.03. The maximum absolute atomic E-state index is 14.4. The molecule has 0 aliphatic heterocycles. The molecule has 7 nitrogen and oxygen atoms in total. The zero-order chi connectivity index (χ0) is 25.4. The van der Waals surface area contributed by atoms with Gasteiger partial charge in [-0.25, -0.2) is 22.0 Å². The average Bonchev–Trinajstić information content (AvgIpc) is 3.16. The van der Waals surface area contributed by atoms with Gasteiger partial charge in [0.15, 0.2) is 5.69 Å². The maximum atomic E-state index is 14.4. The minimum atomic E-state index is -5.37. The first kappa shape index (κ1) is 25.0. The highest BCUT2D eigenvalue weighted by atomic mass is 32.2. The Morgan fingerprint density at radius 2 is 1.41 bits per heavy atom. The van der Waals surface area contributed by atoms with Crippen molar-refractivity contribution < 1.29 is 40.7 Å². The second kappa shape index (κ2) is 8.98. The fourth-order valence-corrected chi connectivity index (χ4v) is 5.08. The Kier molecular flexibility index (Phi) is 6.61. The highest BCUT2D eigenvalue weighted by Crippen LogP contribution is 2.43. The molecule has 0 aliphatic rings. The predicted molar refractivity (Wildman–Crippen MR) is 116 cm³/mol. The minimum Gasteiger partial charge on any atom is -0.465 e. The number of alkyl halides is 3. The largest absolute Gasteiger partial charge is 0.465 e. The van der Waals surface area contributed by atoms with E-state index in [0.29, 0.717) is 11.1 Å². The molecule has 34 heavy (non-hydrogen) atoms. The number of benzene rings is 2. The van der Waals surface area contributed by atoms with Gasteiger partial charge in [-0.15, -0.1) is 0 Å². The Morgan fingerprint density at radius 3 is 1.91 bits per heavy atom. The second-order valence-corrected chi connectivity index (χ2v) is 9.17. The van der Waals surface area contributed by atoms with Crippen LogP contribution in [0.15, 0.2) is 53.4 Å². The Balaban J connectivity index is 2.65. The summed E-state index contributed by atoms with van der Waals surface area (Å²) in [5, 5.41) is 0. The van der Waals surface area contributed by atoms with Crippen LogP contribution in [-0.2, 0) is 25.7 Å². The zero-order valence-electron chi connectivity index (χ0n) is 18.6. The van der Waals surface area contributed by atoms with Crippen molar-refractivity contribution in [1.82, 2.24) is 3.97 Å². The second-order valence-electron chi connectivity index (χ2n) is 7.38. The van der Waals surface area contributed by atoms with Gasteiger partial charge in [-0.1, -0.05) is 41.5 Å². The van der Waals surface area contributed by atoms with Gasteiger partial charge >= 0.3 is 18.1 Å². The lowest BCUT2D eigenvalue weighted by Gasteiger charge is -2.17. The number of hydrogen-bond donors (Lipinski definition) is 0. The Labute approximate surface area is 193 Å². The maximum Gasteiger partial charge on any atom is 0.433 e. The third-order valence-corrected chi connectivity index (χ3v) is 6.74. The van der Waals surface area contributed by atoms with Crippen molar-refractivity contribution >= 4 is 22.0 Å². The van der Waals surface area contributed by atoms with Crippen molar-refractivity contribution in [3.63, 3.8) is 0 Å². The number of halogens is 3. The van der Waals surface area contributed by atoms with Crippen LogP contribution in [-0.4, -0.2) is 38.5 Å². The lowest BCUT2D eigenvalue weighted by molar-refractivity contribution is -0.142. The molecular formula is C23H20F3NO6S. The predicted octanol–water partition coefficient (Wildman–Crippen LogP) is 4.60. The molecule has 0 bridgehead atoms. The summed E-state index contributed by atoms with van der Waals surface area (Å²) in [6.07, 6.45) is -5.37. The number of aromatic nitrogens is 1. The molecule has 3 rings (SSSR count). The Hall–Kier alpha value is -3.60. The zero-order valence-corrected chi connectivity index (χ0v) is 19.4. The molecule has 11 heteroatoms. The molecule has 0 amide bonds. The molecule has 0 aliphatic carbocycles. The lowest BCUT2D eigenvalue weighted by atomic mass is 10.0. The summed E-state index contributed by atoms with van der Waals surface area (Å²) in [5.74, 6) is -2.88. The summed E-state index contributed by atoms with van der Waals surface area (Å²) in [5.41, 5.74) is -3.46. The number of aryl methyl sites for hydroxylation is 2. The van der Waals surface area contributed by atoms with E-state index in [0.717, 1.165) is 26.4 Å². The van der Waals surface area contributed by atoms with Gasteiger partial charge in [-0.2, -0.15) is 13.2 Å². The van der Waals surface area contributed by atoms with Crippen molar-refractivity contribution in [2.24, 2.45) is 0 Å². The molecular weight excluding hydrogens is 475 g/mol. The third kappa shape index (κ3) is 4.30. The molecule has 0 N–H and O–H groups in total. The smallest absolute Gasteiger partial charge is 0.433 e. The number of esters is 2. The van der Waals surface area contributed by atoms with Crippen LogP contribution in [0.2, 0.25) is 0 Å². The van der Waals surface area contributed by atoms with Crippen molar-refractivity contribution in [1.29, 1.82) is 0 Å². The Bertz CT molecular complexity index is 1370. The molecule has 0 unspecified atom stereocenters. The molecule has 180 valence electrons. The summed E-state index contributed by atoms with van der Waals surface area (Å²) in [4.78, 5) is 24.8. The number of ether oxygens (including phenoxy) is 2.